The van der Waals surface area contributed by atoms with Gasteiger partial charge in [0, 0.05) is 26.8 Å². The molecule has 0 radical (unpaired) electrons. The number of ether oxygens (including phenoxy) is 1. The maximum atomic E-state index is 11.8. The Balaban J connectivity index is 2.21. The molecule has 0 aliphatic carbocycles. The summed E-state index contributed by atoms with van der Waals surface area (Å²) in [6.45, 7) is 0.531. The highest BCUT2D eigenvalue weighted by Gasteiger charge is 2.12. The molecule has 0 bridgehead atoms. The smallest absolute Gasteiger partial charge is 0.340 e. The second-order valence-electron chi connectivity index (χ2n) is 4.27. The number of benzene rings is 2. The Morgan fingerprint density at radius 2 is 1.86 bits per heavy atom. The Morgan fingerprint density at radius 3 is 2.52 bits per heavy atom. The normalized spacial score (nSPS) is 10.3. The van der Waals surface area contributed by atoms with Crippen LogP contribution in [0.25, 0.3) is 0 Å². The lowest BCUT2D eigenvalue weighted by molar-refractivity contribution is 0.0602. The van der Waals surface area contributed by atoms with Gasteiger partial charge >= 0.3 is 5.97 Å². The van der Waals surface area contributed by atoms with Crippen LogP contribution in [0.2, 0.25) is 10.0 Å². The predicted molar refractivity (Wildman–Crippen MR) is 89.3 cm³/mol. The van der Waals surface area contributed by atoms with Crippen molar-refractivity contribution in [2.45, 2.75) is 6.54 Å². The first-order valence-corrected chi connectivity index (χ1v) is 7.62. The Bertz CT molecular complexity index is 677. The number of methoxy groups -OCH3 is 1. The number of anilines is 1. The minimum Gasteiger partial charge on any atom is -0.465 e. The van der Waals surface area contributed by atoms with E-state index in [1.807, 2.05) is 18.2 Å². The Kier molecular flexibility index (Phi) is 5.51. The maximum Gasteiger partial charge on any atom is 0.340 e. The summed E-state index contributed by atoms with van der Waals surface area (Å²) in [7, 11) is 1.34. The minimum atomic E-state index is -0.435. The first-order chi connectivity index (χ1) is 10.0. The van der Waals surface area contributed by atoms with E-state index in [0.29, 0.717) is 27.8 Å². The van der Waals surface area contributed by atoms with E-state index in [9.17, 15) is 4.79 Å². The average Bonchev–Trinajstić information content (AvgIpc) is 2.46. The van der Waals surface area contributed by atoms with E-state index >= 15 is 0 Å². The van der Waals surface area contributed by atoms with Gasteiger partial charge in [-0.3, -0.25) is 0 Å². The summed E-state index contributed by atoms with van der Waals surface area (Å²) in [5.74, 6) is -0.435. The lowest BCUT2D eigenvalue weighted by Gasteiger charge is -2.12. The Morgan fingerprint density at radius 1 is 1.19 bits per heavy atom. The van der Waals surface area contributed by atoms with Crippen LogP contribution in [-0.4, -0.2) is 13.1 Å². The van der Waals surface area contributed by atoms with E-state index in [0.717, 1.165) is 10.0 Å². The van der Waals surface area contributed by atoms with Crippen LogP contribution in [-0.2, 0) is 11.3 Å². The van der Waals surface area contributed by atoms with Crippen LogP contribution in [0.1, 0.15) is 15.9 Å². The lowest BCUT2D eigenvalue weighted by Crippen LogP contribution is -2.08. The molecular formula is C15H12BrCl2NO2. The van der Waals surface area contributed by atoms with E-state index in [1.54, 1.807) is 18.2 Å². The number of nitrogens with one attached hydrogen (secondary N) is 1. The molecule has 110 valence electrons. The fraction of sp³-hybridized carbons (Fsp3) is 0.133. The highest BCUT2D eigenvalue weighted by molar-refractivity contribution is 9.10. The molecule has 0 spiro atoms. The van der Waals surface area contributed by atoms with Gasteiger partial charge in [-0.25, -0.2) is 4.79 Å². The fourth-order valence-electron chi connectivity index (χ4n) is 1.80. The molecule has 2 rings (SSSR count). The highest BCUT2D eigenvalue weighted by atomic mass is 79.9. The van der Waals surface area contributed by atoms with Crippen molar-refractivity contribution in [2.75, 3.05) is 12.4 Å². The van der Waals surface area contributed by atoms with Gasteiger partial charge in [0.05, 0.1) is 12.7 Å². The molecule has 3 nitrogen and oxygen atoms in total. The Hall–Kier alpha value is -1.23. The van der Waals surface area contributed by atoms with Gasteiger partial charge in [0.25, 0.3) is 0 Å². The maximum absolute atomic E-state index is 11.8. The molecule has 0 heterocycles. The molecule has 0 amide bonds. The molecule has 21 heavy (non-hydrogen) atoms. The van der Waals surface area contributed by atoms with Crippen molar-refractivity contribution in [3.8, 4) is 0 Å². The van der Waals surface area contributed by atoms with Crippen LogP contribution < -0.4 is 5.32 Å². The second-order valence-corrected chi connectivity index (χ2v) is 6.00. The zero-order valence-corrected chi connectivity index (χ0v) is 14.2. The van der Waals surface area contributed by atoms with Gasteiger partial charge < -0.3 is 10.1 Å². The molecule has 2 aromatic carbocycles. The van der Waals surface area contributed by atoms with Crippen LogP contribution in [0.15, 0.2) is 40.9 Å². The summed E-state index contributed by atoms with van der Waals surface area (Å²) >= 11 is 15.3. The number of halogens is 3. The third kappa shape index (κ3) is 4.13. The van der Waals surface area contributed by atoms with Gasteiger partial charge in [-0.2, -0.15) is 0 Å². The fourth-order valence-corrected chi connectivity index (χ4v) is 2.80. The molecule has 0 aliphatic heterocycles. The average molecular weight is 389 g/mol. The summed E-state index contributed by atoms with van der Waals surface area (Å²) in [6.07, 6.45) is 0. The number of rotatable bonds is 4. The first-order valence-electron chi connectivity index (χ1n) is 6.07. The molecule has 0 saturated heterocycles. The molecule has 6 heteroatoms. The second kappa shape index (κ2) is 7.16. The van der Waals surface area contributed by atoms with Gasteiger partial charge in [-0.1, -0.05) is 45.2 Å². The predicted octanol–water partition coefficient (Wildman–Crippen LogP) is 5.15. The number of carbonyl (C=O) groups excluding carboxylic acids is 1. The van der Waals surface area contributed by atoms with E-state index in [-0.39, 0.29) is 0 Å². The molecule has 0 atom stereocenters. The van der Waals surface area contributed by atoms with Crippen LogP contribution in [0, 0.1) is 0 Å². The third-order valence-electron chi connectivity index (χ3n) is 2.87. The van der Waals surface area contributed by atoms with Crippen molar-refractivity contribution in [3.05, 3.63) is 62.0 Å². The molecule has 1 N–H and O–H groups in total. The van der Waals surface area contributed by atoms with Crippen LogP contribution in [0.5, 0.6) is 0 Å². The number of carbonyl (C=O) groups is 1. The first kappa shape index (κ1) is 16.1. The number of hydrogen-bond acceptors (Lipinski definition) is 3. The van der Waals surface area contributed by atoms with Crippen LogP contribution in [0.3, 0.4) is 0 Å². The van der Waals surface area contributed by atoms with E-state index in [2.05, 4.69) is 21.2 Å². The summed E-state index contributed by atoms with van der Waals surface area (Å²) in [5.41, 5.74) is 2.08. The van der Waals surface area contributed by atoms with Gasteiger partial charge in [0.2, 0.25) is 0 Å². The summed E-state index contributed by atoms with van der Waals surface area (Å²) in [4.78, 5) is 11.8. The quantitative estimate of drug-likeness (QED) is 0.735. The summed E-state index contributed by atoms with van der Waals surface area (Å²) in [5, 5.41) is 4.34. The van der Waals surface area contributed by atoms with Crippen molar-refractivity contribution in [3.63, 3.8) is 0 Å². The molecule has 2 aromatic rings. The zero-order valence-electron chi connectivity index (χ0n) is 11.1. The van der Waals surface area contributed by atoms with Crippen molar-refractivity contribution >= 4 is 50.8 Å². The highest BCUT2D eigenvalue weighted by Crippen LogP contribution is 2.25. The van der Waals surface area contributed by atoms with Crippen molar-refractivity contribution in [1.29, 1.82) is 0 Å². The molecule has 0 aromatic heterocycles. The Labute approximate surface area is 141 Å². The largest absolute Gasteiger partial charge is 0.465 e. The molecule has 0 saturated carbocycles. The molecule has 0 fully saturated rings. The minimum absolute atomic E-state index is 0.398. The third-order valence-corrected chi connectivity index (χ3v) is 4.08. The van der Waals surface area contributed by atoms with Crippen molar-refractivity contribution < 1.29 is 9.53 Å². The van der Waals surface area contributed by atoms with Crippen LogP contribution >= 0.6 is 39.1 Å². The topological polar surface area (TPSA) is 38.3 Å². The van der Waals surface area contributed by atoms with Gasteiger partial charge in [0.15, 0.2) is 0 Å². The summed E-state index contributed by atoms with van der Waals surface area (Å²) in [6, 6.07) is 10.6. The SMILES string of the molecule is COC(=O)c1cc(Cl)ccc1NCc1ccc(Cl)cc1Br. The number of esters is 1. The standard InChI is InChI=1S/C15H12BrCl2NO2/c1-21-15(20)12-6-10(17)4-5-14(12)19-8-9-2-3-11(18)7-13(9)16/h2-7,19H,8H2,1H3. The van der Waals surface area contributed by atoms with Crippen molar-refractivity contribution in [2.24, 2.45) is 0 Å². The number of hydrogen-bond donors (Lipinski definition) is 1. The van der Waals surface area contributed by atoms with Crippen molar-refractivity contribution in [1.82, 2.24) is 0 Å². The molecule has 0 aliphatic rings. The molecular weight excluding hydrogens is 377 g/mol. The van der Waals surface area contributed by atoms with E-state index < -0.39 is 5.97 Å². The van der Waals surface area contributed by atoms with E-state index in [4.69, 9.17) is 27.9 Å². The van der Waals surface area contributed by atoms with Gasteiger partial charge in [0.1, 0.15) is 0 Å². The summed E-state index contributed by atoms with van der Waals surface area (Å²) < 4.78 is 5.66. The lowest BCUT2D eigenvalue weighted by atomic mass is 10.1. The van der Waals surface area contributed by atoms with E-state index in [1.165, 1.54) is 7.11 Å². The van der Waals surface area contributed by atoms with Crippen LogP contribution in [0.4, 0.5) is 5.69 Å². The monoisotopic (exact) mass is 387 g/mol. The van der Waals surface area contributed by atoms with Gasteiger partial charge in [-0.15, -0.1) is 0 Å². The molecule has 0 unspecified atom stereocenters. The van der Waals surface area contributed by atoms with Gasteiger partial charge in [-0.05, 0) is 35.9 Å². The zero-order chi connectivity index (χ0) is 15.4.